The summed E-state index contributed by atoms with van der Waals surface area (Å²) in [6, 6.07) is 3.07. The van der Waals surface area contributed by atoms with Gasteiger partial charge in [0.15, 0.2) is 0 Å². The minimum atomic E-state index is -4.79. The van der Waals surface area contributed by atoms with Gasteiger partial charge in [-0.2, -0.15) is 26.3 Å². The minimum Gasteiger partial charge on any atom is -0.506 e. The first kappa shape index (κ1) is 28.2. The first-order valence-electron chi connectivity index (χ1n) is 8.29. The summed E-state index contributed by atoms with van der Waals surface area (Å²) in [6.07, 6.45) is -9.46. The number of halogens is 8. The highest BCUT2D eigenvalue weighted by Crippen LogP contribution is 2.41. The Kier molecular flexibility index (Phi) is 9.25. The highest BCUT2D eigenvalue weighted by atomic mass is 35.5. The van der Waals surface area contributed by atoms with E-state index in [2.05, 4.69) is 14.2 Å². The SMILES string of the molecule is COC(=O)c1cc(Cl)c(O)c(C(F)(F)F)c1.COC(=O)c1cc(Cl)c(OC)c(C(F)(F)F)c1. The number of hydrogen-bond donors (Lipinski definition) is 1. The lowest BCUT2D eigenvalue weighted by Crippen LogP contribution is -2.11. The van der Waals surface area contributed by atoms with Crippen molar-refractivity contribution in [3.8, 4) is 11.5 Å². The number of ether oxygens (including phenoxy) is 3. The average Bonchev–Trinajstić information content (AvgIpc) is 2.72. The van der Waals surface area contributed by atoms with Crippen molar-refractivity contribution < 1.29 is 55.2 Å². The second-order valence-electron chi connectivity index (χ2n) is 5.87. The number of methoxy groups -OCH3 is 3. The zero-order valence-corrected chi connectivity index (χ0v) is 18.3. The number of carbonyl (C=O) groups is 2. The highest BCUT2D eigenvalue weighted by Gasteiger charge is 2.37. The zero-order valence-electron chi connectivity index (χ0n) is 16.8. The molecule has 0 saturated carbocycles. The van der Waals surface area contributed by atoms with Gasteiger partial charge in [0.25, 0.3) is 0 Å². The number of hydrogen-bond acceptors (Lipinski definition) is 6. The molecule has 0 aliphatic rings. The standard InChI is InChI=1S/C10H8ClF3O3.C9H6ClF3O3/c1-16-8-6(10(12,13)14)3-5(4-7(8)11)9(15)17-2;1-16-8(15)4-2-5(9(11,12)13)7(14)6(10)3-4/h3-4H,1-2H3;2-3,14H,1H3. The molecule has 0 fully saturated rings. The summed E-state index contributed by atoms with van der Waals surface area (Å²) in [5.41, 5.74) is -3.16. The van der Waals surface area contributed by atoms with Gasteiger partial charge in [0.05, 0.1) is 53.6 Å². The third kappa shape index (κ3) is 7.06. The molecule has 0 amide bonds. The van der Waals surface area contributed by atoms with Crippen LogP contribution in [0.3, 0.4) is 0 Å². The van der Waals surface area contributed by atoms with Crippen molar-refractivity contribution in [1.82, 2.24) is 0 Å². The Balaban J connectivity index is 0.000000331. The number of alkyl halides is 6. The van der Waals surface area contributed by atoms with Crippen LogP contribution in [0.2, 0.25) is 10.0 Å². The van der Waals surface area contributed by atoms with Crippen LogP contribution in [-0.4, -0.2) is 38.4 Å². The lowest BCUT2D eigenvalue weighted by molar-refractivity contribution is -0.139. The highest BCUT2D eigenvalue weighted by molar-refractivity contribution is 6.32. The zero-order chi connectivity index (χ0) is 25.7. The van der Waals surface area contributed by atoms with E-state index in [4.69, 9.17) is 28.3 Å². The van der Waals surface area contributed by atoms with Crippen LogP contribution in [0, 0.1) is 0 Å². The molecular weight excluding hydrogens is 509 g/mol. The minimum absolute atomic E-state index is 0.286. The summed E-state index contributed by atoms with van der Waals surface area (Å²) in [5, 5.41) is 8.25. The summed E-state index contributed by atoms with van der Waals surface area (Å²) in [7, 11) is 3.15. The van der Waals surface area contributed by atoms with E-state index in [1.54, 1.807) is 0 Å². The number of carbonyl (C=O) groups excluding carboxylic acids is 2. The molecule has 33 heavy (non-hydrogen) atoms. The van der Waals surface area contributed by atoms with Crippen LogP contribution in [-0.2, 0) is 21.8 Å². The van der Waals surface area contributed by atoms with Crippen LogP contribution in [0.25, 0.3) is 0 Å². The monoisotopic (exact) mass is 522 g/mol. The summed E-state index contributed by atoms with van der Waals surface area (Å²) in [4.78, 5) is 22.2. The summed E-state index contributed by atoms with van der Waals surface area (Å²) in [6.45, 7) is 0. The van der Waals surface area contributed by atoms with E-state index >= 15 is 0 Å². The van der Waals surface area contributed by atoms with Crippen LogP contribution in [0.5, 0.6) is 11.5 Å². The predicted molar refractivity (Wildman–Crippen MR) is 104 cm³/mol. The largest absolute Gasteiger partial charge is 0.506 e. The third-order valence-corrected chi connectivity index (χ3v) is 4.33. The van der Waals surface area contributed by atoms with Gasteiger partial charge in [0, 0.05) is 0 Å². The van der Waals surface area contributed by atoms with Gasteiger partial charge >= 0.3 is 24.3 Å². The van der Waals surface area contributed by atoms with E-state index < -0.39 is 51.9 Å². The maximum Gasteiger partial charge on any atom is 0.420 e. The number of esters is 2. The second-order valence-corrected chi connectivity index (χ2v) is 6.69. The molecule has 182 valence electrons. The van der Waals surface area contributed by atoms with E-state index in [-0.39, 0.29) is 16.1 Å². The van der Waals surface area contributed by atoms with Gasteiger partial charge in [0.1, 0.15) is 11.5 Å². The van der Waals surface area contributed by atoms with Gasteiger partial charge in [-0.1, -0.05) is 23.2 Å². The quantitative estimate of drug-likeness (QED) is 0.393. The third-order valence-electron chi connectivity index (χ3n) is 3.76. The molecule has 2 aromatic carbocycles. The summed E-state index contributed by atoms with van der Waals surface area (Å²) < 4.78 is 88.4. The maximum atomic E-state index is 12.7. The topological polar surface area (TPSA) is 82.1 Å². The van der Waals surface area contributed by atoms with Crippen molar-refractivity contribution in [1.29, 1.82) is 0 Å². The Labute approximate surface area is 192 Å². The van der Waals surface area contributed by atoms with Gasteiger partial charge in [0.2, 0.25) is 0 Å². The summed E-state index contributed by atoms with van der Waals surface area (Å²) >= 11 is 11.0. The van der Waals surface area contributed by atoms with Gasteiger partial charge in [-0.3, -0.25) is 0 Å². The van der Waals surface area contributed by atoms with Crippen molar-refractivity contribution in [2.45, 2.75) is 12.4 Å². The average molecular weight is 523 g/mol. The maximum absolute atomic E-state index is 12.7. The molecule has 2 rings (SSSR count). The van der Waals surface area contributed by atoms with Gasteiger partial charge in [-0.05, 0) is 24.3 Å². The van der Waals surface area contributed by atoms with Gasteiger partial charge in [-0.25, -0.2) is 9.59 Å². The van der Waals surface area contributed by atoms with Crippen molar-refractivity contribution in [2.24, 2.45) is 0 Å². The van der Waals surface area contributed by atoms with Crippen LogP contribution in [0.1, 0.15) is 31.8 Å². The molecule has 2 aromatic rings. The van der Waals surface area contributed by atoms with E-state index in [1.165, 1.54) is 0 Å². The fraction of sp³-hybridized carbons (Fsp3) is 0.263. The van der Waals surface area contributed by atoms with E-state index in [9.17, 15) is 35.9 Å². The van der Waals surface area contributed by atoms with E-state index in [0.29, 0.717) is 12.1 Å². The number of phenolic OH excluding ortho intramolecular Hbond substituents is 1. The normalized spacial score (nSPS) is 11.2. The van der Waals surface area contributed by atoms with Gasteiger partial charge < -0.3 is 19.3 Å². The number of rotatable bonds is 3. The van der Waals surface area contributed by atoms with Crippen molar-refractivity contribution in [2.75, 3.05) is 21.3 Å². The van der Waals surface area contributed by atoms with Crippen LogP contribution < -0.4 is 4.74 Å². The molecule has 14 heteroatoms. The Morgan fingerprint density at radius 3 is 1.52 bits per heavy atom. The Morgan fingerprint density at radius 1 is 0.758 bits per heavy atom. The molecular formula is C19H14Cl2F6O6. The molecule has 0 unspecified atom stereocenters. The molecule has 0 radical (unpaired) electrons. The Bertz CT molecular complexity index is 1040. The molecule has 0 bridgehead atoms. The fourth-order valence-electron chi connectivity index (χ4n) is 2.30. The van der Waals surface area contributed by atoms with Gasteiger partial charge in [-0.15, -0.1) is 0 Å². The molecule has 6 nitrogen and oxygen atoms in total. The lowest BCUT2D eigenvalue weighted by Gasteiger charge is -2.14. The lowest BCUT2D eigenvalue weighted by atomic mass is 10.1. The first-order chi connectivity index (χ1) is 15.1. The second kappa shape index (κ2) is 10.8. The molecule has 0 saturated heterocycles. The fourth-order valence-corrected chi connectivity index (χ4v) is 2.81. The van der Waals surface area contributed by atoms with Crippen LogP contribution >= 0.6 is 23.2 Å². The molecule has 1 N–H and O–H groups in total. The number of benzene rings is 2. The first-order valence-corrected chi connectivity index (χ1v) is 9.05. The van der Waals surface area contributed by atoms with Crippen molar-refractivity contribution in [3.05, 3.63) is 56.6 Å². The van der Waals surface area contributed by atoms with E-state index in [1.807, 2.05) is 0 Å². The molecule has 0 aliphatic carbocycles. The molecule has 0 aliphatic heterocycles. The molecule has 0 atom stereocenters. The number of phenols is 1. The molecule has 0 heterocycles. The van der Waals surface area contributed by atoms with E-state index in [0.717, 1.165) is 33.5 Å². The van der Waals surface area contributed by atoms with Crippen molar-refractivity contribution >= 4 is 35.1 Å². The smallest absolute Gasteiger partial charge is 0.420 e. The Hall–Kier alpha value is -2.86. The molecule has 0 spiro atoms. The predicted octanol–water partition coefficient (Wildman–Crippen LogP) is 6.01. The summed E-state index contributed by atoms with van der Waals surface area (Å²) in [5.74, 6) is -3.50. The van der Waals surface area contributed by atoms with Crippen molar-refractivity contribution in [3.63, 3.8) is 0 Å². The molecule has 0 aromatic heterocycles. The van der Waals surface area contributed by atoms with Crippen LogP contribution in [0.4, 0.5) is 26.3 Å². The Morgan fingerprint density at radius 2 is 1.15 bits per heavy atom. The van der Waals surface area contributed by atoms with Crippen LogP contribution in [0.15, 0.2) is 24.3 Å². The number of aromatic hydroxyl groups is 1.